The van der Waals surface area contributed by atoms with Gasteiger partial charge in [-0.3, -0.25) is 4.79 Å². The van der Waals surface area contributed by atoms with Crippen molar-refractivity contribution in [2.45, 2.75) is 46.6 Å². The number of carbonyl (C=O) groups excluding carboxylic acids is 1. The van der Waals surface area contributed by atoms with Crippen LogP contribution in [0.2, 0.25) is 0 Å². The van der Waals surface area contributed by atoms with Crippen LogP contribution in [0.25, 0.3) is 0 Å². The second kappa shape index (κ2) is 8.75. The molecule has 1 aromatic carbocycles. The van der Waals surface area contributed by atoms with E-state index in [4.69, 9.17) is 5.73 Å². The van der Waals surface area contributed by atoms with Crippen molar-refractivity contribution in [2.75, 3.05) is 13.1 Å². The Bertz CT molecular complexity index is 417. The van der Waals surface area contributed by atoms with Gasteiger partial charge in [-0.1, -0.05) is 31.2 Å². The first-order valence-corrected chi connectivity index (χ1v) is 7.60. The zero-order valence-corrected chi connectivity index (χ0v) is 13.1. The lowest BCUT2D eigenvalue weighted by Crippen LogP contribution is -2.30. The van der Waals surface area contributed by atoms with Gasteiger partial charge in [0.15, 0.2) is 0 Å². The van der Waals surface area contributed by atoms with Gasteiger partial charge in [0, 0.05) is 19.5 Å². The largest absolute Gasteiger partial charge is 0.339 e. The van der Waals surface area contributed by atoms with Crippen molar-refractivity contribution < 1.29 is 4.79 Å². The number of carbonyl (C=O) groups is 1. The third-order valence-corrected chi connectivity index (χ3v) is 3.87. The van der Waals surface area contributed by atoms with E-state index in [1.165, 1.54) is 11.1 Å². The van der Waals surface area contributed by atoms with Crippen molar-refractivity contribution >= 4 is 5.91 Å². The molecule has 1 atom stereocenters. The molecule has 0 aromatic heterocycles. The molecule has 3 heteroatoms. The second-order valence-electron chi connectivity index (χ2n) is 5.56. The van der Waals surface area contributed by atoms with E-state index >= 15 is 0 Å². The molecule has 2 N–H and O–H groups in total. The molecule has 0 saturated heterocycles. The van der Waals surface area contributed by atoms with E-state index in [-0.39, 0.29) is 5.91 Å². The first-order valence-electron chi connectivity index (χ1n) is 7.60. The van der Waals surface area contributed by atoms with Gasteiger partial charge in [0.05, 0.1) is 0 Å². The van der Waals surface area contributed by atoms with Crippen LogP contribution < -0.4 is 5.73 Å². The Balaban J connectivity index is 2.53. The number of aryl methyl sites for hydroxylation is 1. The van der Waals surface area contributed by atoms with Crippen LogP contribution in [0.4, 0.5) is 0 Å². The SMILES string of the molecule is CCN(Cc1ccccc1C)C(=O)CCC(C)CCN. The highest BCUT2D eigenvalue weighted by molar-refractivity contribution is 5.76. The van der Waals surface area contributed by atoms with Crippen LogP contribution in [0.1, 0.15) is 44.2 Å². The van der Waals surface area contributed by atoms with Crippen LogP contribution in [-0.4, -0.2) is 23.9 Å². The summed E-state index contributed by atoms with van der Waals surface area (Å²) in [6.45, 7) is 8.48. The average Bonchev–Trinajstić information content (AvgIpc) is 2.44. The maximum absolute atomic E-state index is 12.3. The van der Waals surface area contributed by atoms with Crippen LogP contribution in [0.3, 0.4) is 0 Å². The molecule has 0 aliphatic carbocycles. The molecule has 3 nitrogen and oxygen atoms in total. The predicted molar refractivity (Wildman–Crippen MR) is 84.3 cm³/mol. The molecule has 1 rings (SSSR count). The number of rotatable bonds is 8. The number of amides is 1. The Morgan fingerprint density at radius 1 is 1.30 bits per heavy atom. The van der Waals surface area contributed by atoms with Gasteiger partial charge < -0.3 is 10.6 Å². The predicted octanol–water partition coefficient (Wildman–Crippen LogP) is 3.11. The van der Waals surface area contributed by atoms with E-state index in [1.54, 1.807) is 0 Å². The summed E-state index contributed by atoms with van der Waals surface area (Å²) in [6, 6.07) is 8.26. The minimum Gasteiger partial charge on any atom is -0.339 e. The Hall–Kier alpha value is -1.35. The van der Waals surface area contributed by atoms with Crippen molar-refractivity contribution in [1.29, 1.82) is 0 Å². The minimum absolute atomic E-state index is 0.250. The molecule has 0 aliphatic rings. The number of hydrogen-bond acceptors (Lipinski definition) is 2. The van der Waals surface area contributed by atoms with Gasteiger partial charge in [0.2, 0.25) is 5.91 Å². The van der Waals surface area contributed by atoms with Crippen LogP contribution in [0.15, 0.2) is 24.3 Å². The van der Waals surface area contributed by atoms with Gasteiger partial charge in [0.1, 0.15) is 0 Å². The first kappa shape index (κ1) is 16.7. The summed E-state index contributed by atoms with van der Waals surface area (Å²) in [5.41, 5.74) is 8.02. The fourth-order valence-corrected chi connectivity index (χ4v) is 2.33. The third-order valence-electron chi connectivity index (χ3n) is 3.87. The van der Waals surface area contributed by atoms with E-state index in [9.17, 15) is 4.79 Å². The Morgan fingerprint density at radius 3 is 2.60 bits per heavy atom. The van der Waals surface area contributed by atoms with E-state index in [1.807, 2.05) is 24.0 Å². The molecule has 1 aromatic rings. The normalized spacial score (nSPS) is 12.2. The molecule has 20 heavy (non-hydrogen) atoms. The molecule has 0 spiro atoms. The molecule has 0 bridgehead atoms. The monoisotopic (exact) mass is 276 g/mol. The number of hydrogen-bond donors (Lipinski definition) is 1. The maximum atomic E-state index is 12.3. The van der Waals surface area contributed by atoms with Gasteiger partial charge >= 0.3 is 0 Å². The standard InChI is InChI=1S/C17H28N2O/c1-4-19(13-16-8-6-5-7-15(16)3)17(20)10-9-14(2)11-12-18/h5-8,14H,4,9-13,18H2,1-3H3. The van der Waals surface area contributed by atoms with Gasteiger partial charge in [-0.25, -0.2) is 0 Å². The lowest BCUT2D eigenvalue weighted by Gasteiger charge is -2.22. The fourth-order valence-electron chi connectivity index (χ4n) is 2.33. The third kappa shape index (κ3) is 5.33. The molecular formula is C17H28N2O. The minimum atomic E-state index is 0.250. The van der Waals surface area contributed by atoms with Gasteiger partial charge in [-0.2, -0.15) is 0 Å². The number of benzene rings is 1. The summed E-state index contributed by atoms with van der Waals surface area (Å²) in [6.07, 6.45) is 2.55. The summed E-state index contributed by atoms with van der Waals surface area (Å²) >= 11 is 0. The quantitative estimate of drug-likeness (QED) is 0.793. The van der Waals surface area contributed by atoms with E-state index in [0.717, 1.165) is 19.4 Å². The van der Waals surface area contributed by atoms with E-state index in [2.05, 4.69) is 26.0 Å². The molecule has 0 saturated carbocycles. The number of nitrogens with zero attached hydrogens (tertiary/aromatic N) is 1. The van der Waals surface area contributed by atoms with Gasteiger partial charge in [0.25, 0.3) is 0 Å². The summed E-state index contributed by atoms with van der Waals surface area (Å²) in [5.74, 6) is 0.778. The lowest BCUT2D eigenvalue weighted by molar-refractivity contribution is -0.131. The highest BCUT2D eigenvalue weighted by atomic mass is 16.2. The van der Waals surface area contributed by atoms with Crippen LogP contribution in [-0.2, 0) is 11.3 Å². The topological polar surface area (TPSA) is 46.3 Å². The van der Waals surface area contributed by atoms with Crippen LogP contribution in [0, 0.1) is 12.8 Å². The summed E-state index contributed by atoms with van der Waals surface area (Å²) in [4.78, 5) is 14.2. The molecule has 1 unspecified atom stereocenters. The van der Waals surface area contributed by atoms with Crippen LogP contribution >= 0.6 is 0 Å². The lowest BCUT2D eigenvalue weighted by atomic mass is 10.0. The van der Waals surface area contributed by atoms with Crippen molar-refractivity contribution in [2.24, 2.45) is 11.7 Å². The molecule has 1 amide bonds. The maximum Gasteiger partial charge on any atom is 0.222 e. The highest BCUT2D eigenvalue weighted by Gasteiger charge is 2.14. The number of nitrogens with two attached hydrogens (primary N) is 1. The van der Waals surface area contributed by atoms with Crippen molar-refractivity contribution in [3.05, 3.63) is 35.4 Å². The highest BCUT2D eigenvalue weighted by Crippen LogP contribution is 2.14. The van der Waals surface area contributed by atoms with Gasteiger partial charge in [-0.05, 0) is 50.3 Å². The van der Waals surface area contributed by atoms with E-state index in [0.29, 0.717) is 25.4 Å². The molecule has 112 valence electrons. The molecule has 0 fully saturated rings. The van der Waals surface area contributed by atoms with Crippen molar-refractivity contribution in [3.8, 4) is 0 Å². The summed E-state index contributed by atoms with van der Waals surface area (Å²) < 4.78 is 0. The summed E-state index contributed by atoms with van der Waals surface area (Å²) in [7, 11) is 0. The Labute approximate surface area is 123 Å². The molecule has 0 aliphatic heterocycles. The molecular weight excluding hydrogens is 248 g/mol. The Morgan fingerprint density at radius 2 is 2.00 bits per heavy atom. The fraction of sp³-hybridized carbons (Fsp3) is 0.588. The van der Waals surface area contributed by atoms with Gasteiger partial charge in [-0.15, -0.1) is 0 Å². The smallest absolute Gasteiger partial charge is 0.222 e. The molecule has 0 heterocycles. The second-order valence-corrected chi connectivity index (χ2v) is 5.56. The zero-order chi connectivity index (χ0) is 15.0. The summed E-state index contributed by atoms with van der Waals surface area (Å²) in [5, 5.41) is 0. The Kier molecular flexibility index (Phi) is 7.31. The van der Waals surface area contributed by atoms with E-state index < -0.39 is 0 Å². The molecule has 0 radical (unpaired) electrons. The zero-order valence-electron chi connectivity index (χ0n) is 13.1. The van der Waals surface area contributed by atoms with Crippen LogP contribution in [0.5, 0.6) is 0 Å². The first-order chi connectivity index (χ1) is 9.58. The van der Waals surface area contributed by atoms with Crippen molar-refractivity contribution in [1.82, 2.24) is 4.90 Å². The average molecular weight is 276 g/mol. The van der Waals surface area contributed by atoms with Crippen molar-refractivity contribution in [3.63, 3.8) is 0 Å².